The van der Waals surface area contributed by atoms with Crippen molar-refractivity contribution < 1.29 is 0 Å². The van der Waals surface area contributed by atoms with Crippen LogP contribution in [-0.4, -0.2) is 17.0 Å². The first-order chi connectivity index (χ1) is 7.82. The van der Waals surface area contributed by atoms with E-state index < -0.39 is 0 Å². The van der Waals surface area contributed by atoms with Crippen molar-refractivity contribution in [3.05, 3.63) is 35.9 Å². The van der Waals surface area contributed by atoms with E-state index in [4.69, 9.17) is 0 Å². The molecule has 1 aromatic carbocycles. The number of fused-ring (bicyclic) bond motifs is 2. The Bertz CT molecular complexity index is 412. The molecular weight excluding hydrogens is 196 g/mol. The van der Waals surface area contributed by atoms with Crippen LogP contribution in [0.3, 0.4) is 0 Å². The second-order valence-electron chi connectivity index (χ2n) is 5.11. The van der Waals surface area contributed by atoms with E-state index in [0.717, 1.165) is 31.8 Å². The summed E-state index contributed by atoms with van der Waals surface area (Å²) in [4.78, 5) is 2.38. The predicted molar refractivity (Wildman–Crippen MR) is 62.5 cm³/mol. The minimum atomic E-state index is -0.126. The van der Waals surface area contributed by atoms with E-state index in [1.165, 1.54) is 12.0 Å². The van der Waals surface area contributed by atoms with Gasteiger partial charge in [0.15, 0.2) is 0 Å². The van der Waals surface area contributed by atoms with Gasteiger partial charge in [-0.15, -0.1) is 0 Å². The van der Waals surface area contributed by atoms with Crippen molar-refractivity contribution in [2.45, 2.75) is 31.3 Å². The molecule has 2 heteroatoms. The number of hydrogen-bond donors (Lipinski definition) is 0. The van der Waals surface area contributed by atoms with Crippen LogP contribution in [0.4, 0.5) is 0 Å². The molecule has 0 spiro atoms. The number of piperidine rings is 2. The van der Waals surface area contributed by atoms with Gasteiger partial charge in [-0.3, -0.25) is 4.90 Å². The van der Waals surface area contributed by atoms with Crippen molar-refractivity contribution >= 4 is 0 Å². The van der Waals surface area contributed by atoms with Crippen molar-refractivity contribution in [3.8, 4) is 6.07 Å². The molecule has 2 aliphatic heterocycles. The zero-order chi connectivity index (χ0) is 11.0. The Kier molecular flexibility index (Phi) is 2.22. The lowest BCUT2D eigenvalue weighted by Gasteiger charge is -2.55. The fraction of sp³-hybridized carbons (Fsp3) is 0.500. The molecule has 0 radical (unpaired) electrons. The zero-order valence-corrected chi connectivity index (χ0v) is 9.39. The first kappa shape index (κ1) is 9.86. The number of nitrogens with zero attached hydrogens (tertiary/aromatic N) is 2. The number of benzene rings is 1. The van der Waals surface area contributed by atoms with E-state index >= 15 is 0 Å². The Morgan fingerprint density at radius 2 is 2.06 bits per heavy atom. The molecule has 0 amide bonds. The minimum absolute atomic E-state index is 0.126. The number of nitriles is 1. The Balaban J connectivity index is 1.77. The van der Waals surface area contributed by atoms with Gasteiger partial charge in [-0.25, -0.2) is 0 Å². The third-order valence-corrected chi connectivity index (χ3v) is 4.09. The van der Waals surface area contributed by atoms with Gasteiger partial charge < -0.3 is 0 Å². The third-order valence-electron chi connectivity index (χ3n) is 4.09. The second kappa shape index (κ2) is 3.61. The van der Waals surface area contributed by atoms with Gasteiger partial charge in [-0.05, 0) is 30.7 Å². The van der Waals surface area contributed by atoms with Crippen molar-refractivity contribution in [1.29, 1.82) is 5.26 Å². The van der Waals surface area contributed by atoms with Gasteiger partial charge in [0.2, 0.25) is 0 Å². The highest BCUT2D eigenvalue weighted by Gasteiger charge is 2.52. The van der Waals surface area contributed by atoms with Crippen LogP contribution in [-0.2, 0) is 6.54 Å². The average molecular weight is 212 g/mol. The lowest BCUT2D eigenvalue weighted by Crippen LogP contribution is -2.61. The van der Waals surface area contributed by atoms with E-state index in [0.29, 0.717) is 0 Å². The van der Waals surface area contributed by atoms with E-state index in [2.05, 4.69) is 35.2 Å². The van der Waals surface area contributed by atoms with Gasteiger partial charge in [-0.1, -0.05) is 30.3 Å². The highest BCUT2D eigenvalue weighted by atomic mass is 15.2. The first-order valence-corrected chi connectivity index (χ1v) is 6.03. The maximum absolute atomic E-state index is 9.34. The van der Waals surface area contributed by atoms with Crippen molar-refractivity contribution in [2.75, 3.05) is 6.54 Å². The van der Waals surface area contributed by atoms with Crippen molar-refractivity contribution in [1.82, 2.24) is 4.90 Å². The first-order valence-electron chi connectivity index (χ1n) is 6.03. The van der Waals surface area contributed by atoms with Crippen molar-refractivity contribution in [3.63, 3.8) is 0 Å². The summed E-state index contributed by atoms with van der Waals surface area (Å²) in [5.41, 5.74) is 1.20. The summed E-state index contributed by atoms with van der Waals surface area (Å²) in [7, 11) is 0. The molecule has 82 valence electrons. The summed E-state index contributed by atoms with van der Waals surface area (Å²) in [6.45, 7) is 2.02. The summed E-state index contributed by atoms with van der Waals surface area (Å²) >= 11 is 0. The van der Waals surface area contributed by atoms with Crippen LogP contribution in [0.1, 0.15) is 24.8 Å². The van der Waals surface area contributed by atoms with Crippen LogP contribution in [0.25, 0.3) is 0 Å². The molecule has 2 saturated heterocycles. The second-order valence-corrected chi connectivity index (χ2v) is 5.11. The summed E-state index contributed by atoms with van der Waals surface area (Å²) < 4.78 is 0. The SMILES string of the molecule is N#CC12CC(CCN1Cc1ccccc1)C2. The molecule has 0 unspecified atom stereocenters. The summed E-state index contributed by atoms with van der Waals surface area (Å²) in [6.07, 6.45) is 3.46. The molecule has 1 aromatic rings. The molecule has 4 rings (SSSR count). The standard InChI is InChI=1S/C14H16N2/c15-11-14-8-13(9-14)6-7-16(14)10-12-4-2-1-3-5-12/h1-5,13H,6-10H2. The molecule has 3 aliphatic rings. The molecule has 0 atom stereocenters. The van der Waals surface area contributed by atoms with Gasteiger partial charge in [0.25, 0.3) is 0 Å². The van der Waals surface area contributed by atoms with Crippen LogP contribution in [0.5, 0.6) is 0 Å². The van der Waals surface area contributed by atoms with E-state index in [-0.39, 0.29) is 5.54 Å². The largest absolute Gasteiger partial charge is 0.281 e. The average Bonchev–Trinajstić information content (AvgIpc) is 2.29. The Labute approximate surface area is 96.5 Å². The molecule has 2 bridgehead atoms. The third kappa shape index (κ3) is 1.44. The molecule has 16 heavy (non-hydrogen) atoms. The Morgan fingerprint density at radius 3 is 2.75 bits per heavy atom. The molecule has 3 fully saturated rings. The molecule has 2 heterocycles. The van der Waals surface area contributed by atoms with Crippen LogP contribution in [0.15, 0.2) is 30.3 Å². The highest BCUT2D eigenvalue weighted by Crippen LogP contribution is 2.48. The van der Waals surface area contributed by atoms with E-state index in [9.17, 15) is 5.26 Å². The van der Waals surface area contributed by atoms with Crippen LogP contribution in [0.2, 0.25) is 0 Å². The molecule has 1 saturated carbocycles. The van der Waals surface area contributed by atoms with E-state index in [1.807, 2.05) is 6.07 Å². The number of rotatable bonds is 2. The normalized spacial score (nSPS) is 32.8. The van der Waals surface area contributed by atoms with Gasteiger partial charge in [-0.2, -0.15) is 5.26 Å². The van der Waals surface area contributed by atoms with Crippen LogP contribution >= 0.6 is 0 Å². The monoisotopic (exact) mass is 212 g/mol. The molecule has 0 N–H and O–H groups in total. The van der Waals surface area contributed by atoms with Gasteiger partial charge >= 0.3 is 0 Å². The smallest absolute Gasteiger partial charge is 0.110 e. The maximum atomic E-state index is 9.34. The topological polar surface area (TPSA) is 27.0 Å². The van der Waals surface area contributed by atoms with Crippen LogP contribution in [0, 0.1) is 17.2 Å². The lowest BCUT2D eigenvalue weighted by molar-refractivity contribution is -0.0431. The minimum Gasteiger partial charge on any atom is -0.281 e. The molecule has 2 nitrogen and oxygen atoms in total. The van der Waals surface area contributed by atoms with Gasteiger partial charge in [0, 0.05) is 13.1 Å². The fourth-order valence-electron chi connectivity index (χ4n) is 3.11. The molecule has 0 aromatic heterocycles. The Hall–Kier alpha value is -1.33. The predicted octanol–water partition coefficient (Wildman–Crippen LogP) is 2.56. The van der Waals surface area contributed by atoms with Gasteiger partial charge in [0.05, 0.1) is 6.07 Å². The molecule has 1 aliphatic carbocycles. The zero-order valence-electron chi connectivity index (χ0n) is 9.39. The lowest BCUT2D eigenvalue weighted by atomic mass is 9.63. The summed E-state index contributed by atoms with van der Waals surface area (Å²) in [6, 6.07) is 13.0. The highest BCUT2D eigenvalue weighted by molar-refractivity contribution is 5.22. The summed E-state index contributed by atoms with van der Waals surface area (Å²) in [5.74, 6) is 0.826. The quantitative estimate of drug-likeness (QED) is 0.753. The molecular formula is C14H16N2. The van der Waals surface area contributed by atoms with Gasteiger partial charge in [0.1, 0.15) is 5.54 Å². The van der Waals surface area contributed by atoms with E-state index in [1.54, 1.807) is 0 Å². The van der Waals surface area contributed by atoms with Crippen molar-refractivity contribution in [2.24, 2.45) is 5.92 Å². The maximum Gasteiger partial charge on any atom is 0.110 e. The van der Waals surface area contributed by atoms with Crippen LogP contribution < -0.4 is 0 Å². The fourth-order valence-corrected chi connectivity index (χ4v) is 3.11. The summed E-state index contributed by atoms with van der Waals surface area (Å²) in [5, 5.41) is 9.34. The Morgan fingerprint density at radius 1 is 1.31 bits per heavy atom. The number of hydrogen-bond acceptors (Lipinski definition) is 2.